The van der Waals surface area contributed by atoms with E-state index in [0.717, 1.165) is 6.54 Å². The van der Waals surface area contributed by atoms with Crippen LogP contribution in [0.5, 0.6) is 0 Å². The van der Waals surface area contributed by atoms with Gasteiger partial charge in [-0.15, -0.1) is 0 Å². The highest BCUT2D eigenvalue weighted by atomic mass is 32.1. The summed E-state index contributed by atoms with van der Waals surface area (Å²) in [6, 6.07) is 0. The molecule has 1 unspecified atom stereocenters. The Morgan fingerprint density at radius 3 is 2.50 bits per heavy atom. The van der Waals surface area contributed by atoms with Gasteiger partial charge in [-0.2, -0.15) is 0 Å². The second-order valence-electron chi connectivity index (χ2n) is 4.91. The van der Waals surface area contributed by atoms with Gasteiger partial charge in [0.05, 0.1) is 10.4 Å². The maximum absolute atomic E-state index is 12.0. The van der Waals surface area contributed by atoms with Crippen molar-refractivity contribution < 1.29 is 4.79 Å². The van der Waals surface area contributed by atoms with E-state index in [1.807, 2.05) is 13.8 Å². The molecule has 1 saturated carbocycles. The molecule has 0 bridgehead atoms. The molecule has 1 aliphatic rings. The lowest BCUT2D eigenvalue weighted by Gasteiger charge is -2.26. The Morgan fingerprint density at radius 2 is 2.06 bits per heavy atom. The third-order valence-corrected chi connectivity index (χ3v) is 4.23. The minimum absolute atomic E-state index is 0.0191. The van der Waals surface area contributed by atoms with Crippen molar-refractivity contribution in [3.8, 4) is 0 Å². The molecule has 1 rings (SSSR count). The Bertz CT molecular complexity index is 274. The van der Waals surface area contributed by atoms with E-state index in [1.165, 1.54) is 25.7 Å². The first kappa shape index (κ1) is 13.4. The predicted molar refractivity (Wildman–Crippen MR) is 70.2 cm³/mol. The monoisotopic (exact) mass is 242 g/mol. The van der Waals surface area contributed by atoms with Gasteiger partial charge < -0.3 is 11.1 Å². The van der Waals surface area contributed by atoms with E-state index >= 15 is 0 Å². The second kappa shape index (κ2) is 5.62. The summed E-state index contributed by atoms with van der Waals surface area (Å²) in [4.78, 5) is 12.3. The van der Waals surface area contributed by atoms with Crippen molar-refractivity contribution in [3.05, 3.63) is 0 Å². The molecular formula is C12H22N2OS. The molecule has 92 valence electrons. The molecular weight excluding hydrogens is 220 g/mol. The average molecular weight is 242 g/mol. The first-order valence-electron chi connectivity index (χ1n) is 6.09. The Balaban J connectivity index is 2.46. The fourth-order valence-corrected chi connectivity index (χ4v) is 2.33. The molecule has 4 heteroatoms. The van der Waals surface area contributed by atoms with Crippen molar-refractivity contribution in [3.63, 3.8) is 0 Å². The van der Waals surface area contributed by atoms with Crippen LogP contribution in [0.1, 0.15) is 46.0 Å². The molecule has 1 amide bonds. The highest BCUT2D eigenvalue weighted by Gasteiger charge is 2.34. The summed E-state index contributed by atoms with van der Waals surface area (Å²) in [6.07, 6.45) is 5.70. The molecule has 0 spiro atoms. The maximum Gasteiger partial charge on any atom is 0.232 e. The van der Waals surface area contributed by atoms with E-state index in [0.29, 0.717) is 17.3 Å². The van der Waals surface area contributed by atoms with Gasteiger partial charge in [0, 0.05) is 6.54 Å². The molecule has 0 heterocycles. The van der Waals surface area contributed by atoms with Crippen LogP contribution in [0.4, 0.5) is 0 Å². The van der Waals surface area contributed by atoms with E-state index in [-0.39, 0.29) is 5.91 Å². The first-order valence-corrected chi connectivity index (χ1v) is 6.49. The van der Waals surface area contributed by atoms with Crippen LogP contribution in [-0.4, -0.2) is 17.4 Å². The first-order chi connectivity index (χ1) is 7.50. The van der Waals surface area contributed by atoms with Crippen molar-refractivity contribution >= 4 is 23.1 Å². The van der Waals surface area contributed by atoms with Crippen molar-refractivity contribution in [2.24, 2.45) is 17.1 Å². The highest BCUT2D eigenvalue weighted by molar-refractivity contribution is 7.80. The molecule has 0 aromatic carbocycles. The van der Waals surface area contributed by atoms with Gasteiger partial charge in [0.2, 0.25) is 5.91 Å². The second-order valence-corrected chi connectivity index (χ2v) is 5.35. The minimum Gasteiger partial charge on any atom is -0.392 e. The van der Waals surface area contributed by atoms with Crippen LogP contribution in [0.15, 0.2) is 0 Å². The number of hydrogen-bond donors (Lipinski definition) is 2. The summed E-state index contributed by atoms with van der Waals surface area (Å²) in [6.45, 7) is 4.53. The molecule has 1 aliphatic carbocycles. The molecule has 1 fully saturated rings. The van der Waals surface area contributed by atoms with Gasteiger partial charge in [-0.25, -0.2) is 0 Å². The van der Waals surface area contributed by atoms with Crippen LogP contribution < -0.4 is 11.1 Å². The van der Waals surface area contributed by atoms with Crippen LogP contribution in [0.25, 0.3) is 0 Å². The molecule has 16 heavy (non-hydrogen) atoms. The highest BCUT2D eigenvalue weighted by Crippen LogP contribution is 2.25. The zero-order valence-corrected chi connectivity index (χ0v) is 11.0. The van der Waals surface area contributed by atoms with E-state index in [2.05, 4.69) is 5.32 Å². The Hall–Kier alpha value is -0.640. The van der Waals surface area contributed by atoms with E-state index in [9.17, 15) is 4.79 Å². The largest absolute Gasteiger partial charge is 0.392 e. The van der Waals surface area contributed by atoms with Gasteiger partial charge in [0.25, 0.3) is 0 Å². The molecule has 0 aliphatic heterocycles. The lowest BCUT2D eigenvalue weighted by Crippen LogP contribution is -2.47. The van der Waals surface area contributed by atoms with Gasteiger partial charge >= 0.3 is 0 Å². The summed E-state index contributed by atoms with van der Waals surface area (Å²) in [5.41, 5.74) is 4.95. The SMILES string of the molecule is CCC(C)(C(=O)NCC1CCCC1)C(N)=S. The molecule has 3 N–H and O–H groups in total. The summed E-state index contributed by atoms with van der Waals surface area (Å²) in [5, 5.41) is 2.99. The molecule has 0 aromatic heterocycles. The summed E-state index contributed by atoms with van der Waals surface area (Å²) >= 11 is 4.97. The van der Waals surface area contributed by atoms with Gasteiger partial charge in [-0.05, 0) is 32.1 Å². The zero-order valence-electron chi connectivity index (χ0n) is 10.2. The predicted octanol–water partition coefficient (Wildman–Crippen LogP) is 2.00. The number of nitrogens with one attached hydrogen (secondary N) is 1. The number of amides is 1. The van der Waals surface area contributed by atoms with Gasteiger partial charge in [-0.3, -0.25) is 4.79 Å². The number of rotatable bonds is 5. The van der Waals surface area contributed by atoms with Gasteiger partial charge in [0.15, 0.2) is 0 Å². The third-order valence-electron chi connectivity index (χ3n) is 3.78. The van der Waals surface area contributed by atoms with Crippen molar-refractivity contribution in [2.45, 2.75) is 46.0 Å². The smallest absolute Gasteiger partial charge is 0.232 e. The van der Waals surface area contributed by atoms with Gasteiger partial charge in [-0.1, -0.05) is 32.0 Å². The van der Waals surface area contributed by atoms with E-state index in [4.69, 9.17) is 18.0 Å². The Kier molecular flexibility index (Phi) is 4.71. The molecule has 0 radical (unpaired) electrons. The summed E-state index contributed by atoms with van der Waals surface area (Å²) < 4.78 is 0. The van der Waals surface area contributed by atoms with Crippen LogP contribution >= 0.6 is 12.2 Å². The zero-order chi connectivity index (χ0) is 12.2. The molecule has 1 atom stereocenters. The molecule has 3 nitrogen and oxygen atoms in total. The maximum atomic E-state index is 12.0. The fourth-order valence-electron chi connectivity index (χ4n) is 2.09. The normalized spacial score (nSPS) is 20.4. The third kappa shape index (κ3) is 2.94. The van der Waals surface area contributed by atoms with Crippen molar-refractivity contribution in [1.82, 2.24) is 5.32 Å². The lowest BCUT2D eigenvalue weighted by atomic mass is 9.86. The number of nitrogens with two attached hydrogens (primary N) is 1. The van der Waals surface area contributed by atoms with Crippen molar-refractivity contribution in [2.75, 3.05) is 6.54 Å². The number of carbonyl (C=O) groups is 1. The standard InChI is InChI=1S/C12H22N2OS/c1-3-12(2,10(13)16)11(15)14-8-9-6-4-5-7-9/h9H,3-8H2,1-2H3,(H2,13,16)(H,14,15). The fraction of sp³-hybridized carbons (Fsp3) is 0.833. The molecule has 0 saturated heterocycles. The number of carbonyl (C=O) groups excluding carboxylic acids is 1. The van der Waals surface area contributed by atoms with Crippen LogP contribution in [0, 0.1) is 11.3 Å². The van der Waals surface area contributed by atoms with Crippen LogP contribution in [-0.2, 0) is 4.79 Å². The molecule has 0 aromatic rings. The van der Waals surface area contributed by atoms with Gasteiger partial charge in [0.1, 0.15) is 0 Å². The minimum atomic E-state index is -0.687. The van der Waals surface area contributed by atoms with E-state index < -0.39 is 5.41 Å². The van der Waals surface area contributed by atoms with Crippen LogP contribution in [0.3, 0.4) is 0 Å². The Labute approximate surface area is 103 Å². The summed E-state index contributed by atoms with van der Waals surface area (Å²) in [7, 11) is 0. The lowest BCUT2D eigenvalue weighted by molar-refractivity contribution is -0.127. The van der Waals surface area contributed by atoms with Crippen LogP contribution in [0.2, 0.25) is 0 Å². The average Bonchev–Trinajstić information content (AvgIpc) is 2.77. The number of thiocarbonyl (C=S) groups is 1. The quantitative estimate of drug-likeness (QED) is 0.725. The Morgan fingerprint density at radius 1 is 1.50 bits per heavy atom. The summed E-state index contributed by atoms with van der Waals surface area (Å²) in [5.74, 6) is 0.630. The van der Waals surface area contributed by atoms with Crippen molar-refractivity contribution in [1.29, 1.82) is 0 Å². The van der Waals surface area contributed by atoms with E-state index in [1.54, 1.807) is 0 Å². The topological polar surface area (TPSA) is 55.1 Å². The number of hydrogen-bond acceptors (Lipinski definition) is 2.